The van der Waals surface area contributed by atoms with Crippen LogP contribution in [0.2, 0.25) is 5.02 Å². The molecule has 0 saturated heterocycles. The lowest BCUT2D eigenvalue weighted by Crippen LogP contribution is -2.38. The first-order valence-corrected chi connectivity index (χ1v) is 9.41. The van der Waals surface area contributed by atoms with E-state index in [9.17, 15) is 4.21 Å². The van der Waals surface area contributed by atoms with Crippen LogP contribution in [0.1, 0.15) is 37.9 Å². The number of anilines is 1. The third-order valence-corrected chi connectivity index (χ3v) is 5.86. The van der Waals surface area contributed by atoms with Crippen molar-refractivity contribution in [2.75, 3.05) is 19.4 Å². The van der Waals surface area contributed by atoms with Crippen LogP contribution in [0.3, 0.4) is 0 Å². The lowest BCUT2D eigenvalue weighted by Gasteiger charge is -2.33. The molecule has 0 saturated carbocycles. The molecule has 0 unspecified atom stereocenters. The van der Waals surface area contributed by atoms with Gasteiger partial charge in [0.25, 0.3) is 0 Å². The van der Waals surface area contributed by atoms with E-state index in [1.54, 1.807) is 0 Å². The molecule has 130 valence electrons. The van der Waals surface area contributed by atoms with E-state index in [0.29, 0.717) is 5.02 Å². The Labute approximate surface area is 152 Å². The molecule has 0 bridgehead atoms. The Balaban J connectivity index is 2.61. The van der Waals surface area contributed by atoms with Crippen molar-refractivity contribution in [3.05, 3.63) is 64.7 Å². The van der Waals surface area contributed by atoms with Crippen LogP contribution in [0.4, 0.5) is 5.69 Å². The van der Waals surface area contributed by atoms with Gasteiger partial charge in [0.15, 0.2) is 0 Å². The van der Waals surface area contributed by atoms with Gasteiger partial charge in [-0.2, -0.15) is 0 Å². The Morgan fingerprint density at radius 3 is 2.29 bits per heavy atom. The second-order valence-corrected chi connectivity index (χ2v) is 9.44. The van der Waals surface area contributed by atoms with E-state index in [2.05, 4.69) is 17.4 Å². The minimum absolute atomic E-state index is 0.160. The zero-order valence-electron chi connectivity index (χ0n) is 14.8. The molecule has 0 amide bonds. The first kappa shape index (κ1) is 19.0. The van der Waals surface area contributed by atoms with Gasteiger partial charge >= 0.3 is 0 Å². The van der Waals surface area contributed by atoms with E-state index >= 15 is 0 Å². The van der Waals surface area contributed by atoms with E-state index in [1.165, 1.54) is 0 Å². The quantitative estimate of drug-likeness (QED) is 0.821. The van der Waals surface area contributed by atoms with Gasteiger partial charge in [-0.15, -0.1) is 0 Å². The number of rotatable bonds is 5. The first-order chi connectivity index (χ1) is 11.3. The molecule has 0 spiro atoms. The predicted octanol–water partition coefficient (Wildman–Crippen LogP) is 4.87. The number of halogens is 1. The third kappa shape index (κ3) is 4.18. The minimum atomic E-state index is -1.17. The maximum Gasteiger partial charge on any atom is 0.100 e. The van der Waals surface area contributed by atoms with Crippen molar-refractivity contribution in [3.63, 3.8) is 0 Å². The van der Waals surface area contributed by atoms with Gasteiger partial charge in [-0.1, -0.05) is 41.9 Å². The van der Waals surface area contributed by atoms with Crippen LogP contribution < -0.4 is 5.32 Å². The van der Waals surface area contributed by atoms with Crippen molar-refractivity contribution < 1.29 is 4.21 Å². The highest BCUT2D eigenvalue weighted by atomic mass is 35.5. The maximum atomic E-state index is 13.0. The van der Waals surface area contributed by atoms with E-state index < -0.39 is 11.0 Å². The Kier molecular flexibility index (Phi) is 6.07. The number of hydrogen-bond acceptors (Lipinski definition) is 2. The van der Waals surface area contributed by atoms with E-state index in [0.717, 1.165) is 16.8 Å². The SMILES string of the molecule is CNc1ccc(Cl)cc1[C@@H](c1ccccc1)N(C)[S@](=O)C(C)(C)C. The molecule has 0 aliphatic rings. The summed E-state index contributed by atoms with van der Waals surface area (Å²) in [6, 6.07) is 15.7. The fourth-order valence-electron chi connectivity index (χ4n) is 2.74. The van der Waals surface area contributed by atoms with Crippen LogP contribution >= 0.6 is 11.6 Å². The molecular formula is C19H25ClN2OS. The van der Waals surface area contributed by atoms with Crippen LogP contribution in [-0.4, -0.2) is 27.4 Å². The lowest BCUT2D eigenvalue weighted by atomic mass is 9.97. The van der Waals surface area contributed by atoms with Crippen LogP contribution in [0.5, 0.6) is 0 Å². The summed E-state index contributed by atoms with van der Waals surface area (Å²) in [5.74, 6) is 0. The first-order valence-electron chi connectivity index (χ1n) is 7.92. The molecule has 0 fully saturated rings. The molecule has 3 nitrogen and oxygen atoms in total. The highest BCUT2D eigenvalue weighted by Gasteiger charge is 2.31. The molecule has 1 N–H and O–H groups in total. The predicted molar refractivity (Wildman–Crippen MR) is 105 cm³/mol. The van der Waals surface area contributed by atoms with Gasteiger partial charge in [-0.05, 0) is 50.1 Å². The van der Waals surface area contributed by atoms with E-state index in [4.69, 9.17) is 11.6 Å². The zero-order chi connectivity index (χ0) is 17.9. The molecule has 0 radical (unpaired) electrons. The van der Waals surface area contributed by atoms with Gasteiger partial charge < -0.3 is 5.32 Å². The summed E-state index contributed by atoms with van der Waals surface area (Å²) in [6.07, 6.45) is 0. The summed E-state index contributed by atoms with van der Waals surface area (Å²) >= 11 is 6.26. The Hall–Kier alpha value is -1.36. The fourth-order valence-corrected chi connectivity index (χ4v) is 4.21. The molecule has 0 aliphatic carbocycles. The minimum Gasteiger partial charge on any atom is -0.388 e. The Morgan fingerprint density at radius 2 is 1.75 bits per heavy atom. The molecule has 24 heavy (non-hydrogen) atoms. The molecule has 2 atom stereocenters. The second-order valence-electron chi connectivity index (χ2n) is 6.70. The summed E-state index contributed by atoms with van der Waals surface area (Å²) in [4.78, 5) is 0. The third-order valence-electron chi connectivity index (χ3n) is 3.84. The smallest absolute Gasteiger partial charge is 0.100 e. The highest BCUT2D eigenvalue weighted by molar-refractivity contribution is 7.84. The normalized spacial score (nSPS) is 14.5. The van der Waals surface area contributed by atoms with Gasteiger partial charge in [0.1, 0.15) is 11.0 Å². The number of benzene rings is 2. The molecular weight excluding hydrogens is 340 g/mol. The summed E-state index contributed by atoms with van der Waals surface area (Å²) < 4.78 is 14.6. The van der Waals surface area contributed by atoms with E-state index in [-0.39, 0.29) is 10.8 Å². The van der Waals surface area contributed by atoms with Crippen molar-refractivity contribution in [1.82, 2.24) is 4.31 Å². The highest BCUT2D eigenvalue weighted by Crippen LogP contribution is 2.36. The molecule has 0 heterocycles. The standard InChI is InChI=1S/C19H25ClN2OS/c1-19(2,3)24(23)22(5)18(14-9-7-6-8-10-14)16-13-15(20)11-12-17(16)21-4/h6-13,18,21H,1-5H3/t18-,24-/m1/s1. The average molecular weight is 365 g/mol. The van der Waals surface area contributed by atoms with Crippen molar-refractivity contribution in [2.24, 2.45) is 0 Å². The summed E-state index contributed by atoms with van der Waals surface area (Å²) in [7, 11) is 2.62. The summed E-state index contributed by atoms with van der Waals surface area (Å²) in [5, 5.41) is 3.89. The van der Waals surface area contributed by atoms with Gasteiger partial charge in [0.05, 0.1) is 10.8 Å². The Morgan fingerprint density at radius 1 is 1.12 bits per heavy atom. The van der Waals surface area contributed by atoms with Crippen LogP contribution in [0.15, 0.2) is 48.5 Å². The second kappa shape index (κ2) is 7.68. The average Bonchev–Trinajstić information content (AvgIpc) is 2.54. The molecule has 0 aliphatic heterocycles. The van der Waals surface area contributed by atoms with Crippen LogP contribution in [0.25, 0.3) is 0 Å². The number of nitrogens with zero attached hydrogens (tertiary/aromatic N) is 1. The van der Waals surface area contributed by atoms with Gasteiger partial charge in [-0.3, -0.25) is 0 Å². The number of nitrogens with one attached hydrogen (secondary N) is 1. The molecule has 2 aromatic rings. The molecule has 2 aromatic carbocycles. The fraction of sp³-hybridized carbons (Fsp3) is 0.368. The monoisotopic (exact) mass is 364 g/mol. The maximum absolute atomic E-state index is 13.0. The number of hydrogen-bond donors (Lipinski definition) is 1. The zero-order valence-corrected chi connectivity index (χ0v) is 16.4. The van der Waals surface area contributed by atoms with Gasteiger partial charge in [0.2, 0.25) is 0 Å². The Bertz CT molecular complexity index is 713. The molecule has 5 heteroatoms. The molecule has 0 aromatic heterocycles. The van der Waals surface area contributed by atoms with Crippen molar-refractivity contribution in [2.45, 2.75) is 31.6 Å². The van der Waals surface area contributed by atoms with Crippen molar-refractivity contribution in [1.29, 1.82) is 0 Å². The van der Waals surface area contributed by atoms with Gasteiger partial charge in [-0.25, -0.2) is 8.51 Å². The summed E-state index contributed by atoms with van der Waals surface area (Å²) in [5.41, 5.74) is 3.07. The van der Waals surface area contributed by atoms with Crippen molar-refractivity contribution >= 4 is 28.3 Å². The summed E-state index contributed by atoms with van der Waals surface area (Å²) in [6.45, 7) is 5.95. The van der Waals surface area contributed by atoms with Crippen molar-refractivity contribution in [3.8, 4) is 0 Å². The lowest BCUT2D eigenvalue weighted by molar-refractivity contribution is 0.440. The van der Waals surface area contributed by atoms with Crippen LogP contribution in [0, 0.1) is 0 Å². The van der Waals surface area contributed by atoms with Gasteiger partial charge in [0, 0.05) is 24.8 Å². The molecule has 2 rings (SSSR count). The topological polar surface area (TPSA) is 32.3 Å². The largest absolute Gasteiger partial charge is 0.388 e. The van der Waals surface area contributed by atoms with E-state index in [1.807, 2.05) is 75.6 Å². The van der Waals surface area contributed by atoms with Crippen LogP contribution in [-0.2, 0) is 11.0 Å².